The Morgan fingerprint density at radius 3 is 1.73 bits per heavy atom. The van der Waals surface area contributed by atoms with Gasteiger partial charge < -0.3 is 5.32 Å². The Hall–Kier alpha value is -2.44. The maximum absolute atomic E-state index is 10.9. The zero-order valence-electron chi connectivity index (χ0n) is 12.0. The van der Waals surface area contributed by atoms with Crippen LogP contribution in [0, 0.1) is 0 Å². The van der Waals surface area contributed by atoms with E-state index in [-0.39, 0.29) is 0 Å². The molecule has 0 aromatic heterocycles. The summed E-state index contributed by atoms with van der Waals surface area (Å²) in [5.41, 5.74) is 0.872. The lowest BCUT2D eigenvalue weighted by atomic mass is 10.3. The molecule has 3 rings (SSSR count). The SMILES string of the molecule is O=CNc1ccccc1P(c1ccccc1)c1ccccc1. The summed E-state index contributed by atoms with van der Waals surface area (Å²) in [5, 5.41) is 6.52. The highest BCUT2D eigenvalue weighted by atomic mass is 31.1. The molecule has 3 heteroatoms. The summed E-state index contributed by atoms with van der Waals surface area (Å²) < 4.78 is 0. The van der Waals surface area contributed by atoms with E-state index in [1.54, 1.807) is 0 Å². The maximum atomic E-state index is 10.9. The summed E-state index contributed by atoms with van der Waals surface area (Å²) in [7, 11) is -0.700. The minimum absolute atomic E-state index is 0.700. The van der Waals surface area contributed by atoms with Gasteiger partial charge in [0.2, 0.25) is 6.41 Å². The first-order valence-electron chi connectivity index (χ1n) is 7.09. The highest BCUT2D eigenvalue weighted by molar-refractivity contribution is 7.80. The van der Waals surface area contributed by atoms with Crippen LogP contribution in [0.5, 0.6) is 0 Å². The number of rotatable bonds is 5. The summed E-state index contributed by atoms with van der Waals surface area (Å²) in [6.07, 6.45) is 0.738. The highest BCUT2D eigenvalue weighted by Crippen LogP contribution is 2.35. The molecular weight excluding hydrogens is 289 g/mol. The van der Waals surface area contributed by atoms with Crippen molar-refractivity contribution in [1.29, 1.82) is 0 Å². The third-order valence-electron chi connectivity index (χ3n) is 3.39. The first-order valence-corrected chi connectivity index (χ1v) is 8.44. The van der Waals surface area contributed by atoms with Gasteiger partial charge in [0, 0.05) is 11.0 Å². The number of hydrogen-bond acceptors (Lipinski definition) is 1. The van der Waals surface area contributed by atoms with E-state index in [9.17, 15) is 4.79 Å². The molecule has 0 spiro atoms. The number of nitrogens with one attached hydrogen (secondary N) is 1. The van der Waals surface area contributed by atoms with Crippen molar-refractivity contribution in [1.82, 2.24) is 0 Å². The van der Waals surface area contributed by atoms with Crippen molar-refractivity contribution in [3.05, 3.63) is 84.9 Å². The van der Waals surface area contributed by atoms with E-state index in [0.29, 0.717) is 0 Å². The highest BCUT2D eigenvalue weighted by Gasteiger charge is 2.18. The third-order valence-corrected chi connectivity index (χ3v) is 5.89. The summed E-state index contributed by atoms with van der Waals surface area (Å²) in [5.74, 6) is 0. The number of carbonyl (C=O) groups excluding carboxylic acids is 1. The van der Waals surface area contributed by atoms with Crippen molar-refractivity contribution < 1.29 is 4.79 Å². The van der Waals surface area contributed by atoms with Crippen LogP contribution in [0.3, 0.4) is 0 Å². The standard InChI is InChI=1S/C19H16NOP/c21-15-20-18-13-7-8-14-19(18)22(16-9-3-1-4-10-16)17-11-5-2-6-12-17/h1-15H,(H,20,21). The van der Waals surface area contributed by atoms with Crippen LogP contribution < -0.4 is 21.2 Å². The lowest BCUT2D eigenvalue weighted by Crippen LogP contribution is -2.22. The second-order valence-electron chi connectivity index (χ2n) is 4.79. The van der Waals surface area contributed by atoms with Gasteiger partial charge in [-0.15, -0.1) is 0 Å². The summed E-state index contributed by atoms with van der Waals surface area (Å²) >= 11 is 0. The van der Waals surface area contributed by atoms with Gasteiger partial charge in [-0.3, -0.25) is 4.79 Å². The number of anilines is 1. The number of benzene rings is 3. The molecule has 0 saturated carbocycles. The molecule has 0 atom stereocenters. The van der Waals surface area contributed by atoms with Crippen molar-refractivity contribution in [2.75, 3.05) is 5.32 Å². The molecule has 0 aliphatic rings. The molecule has 0 aliphatic heterocycles. The van der Waals surface area contributed by atoms with Crippen molar-refractivity contribution in [2.45, 2.75) is 0 Å². The zero-order chi connectivity index (χ0) is 15.2. The molecule has 0 heterocycles. The second kappa shape index (κ2) is 7.02. The summed E-state index contributed by atoms with van der Waals surface area (Å²) in [6.45, 7) is 0. The molecule has 108 valence electrons. The molecule has 3 aromatic carbocycles. The molecule has 2 nitrogen and oxygen atoms in total. The van der Waals surface area contributed by atoms with Gasteiger partial charge in [-0.2, -0.15) is 0 Å². The van der Waals surface area contributed by atoms with E-state index in [4.69, 9.17) is 0 Å². The molecule has 0 unspecified atom stereocenters. The molecule has 0 radical (unpaired) electrons. The minimum atomic E-state index is -0.700. The topological polar surface area (TPSA) is 29.1 Å². The first-order chi connectivity index (χ1) is 10.9. The van der Waals surface area contributed by atoms with Crippen LogP contribution >= 0.6 is 7.92 Å². The van der Waals surface area contributed by atoms with Gasteiger partial charge in [-0.05, 0) is 24.6 Å². The number of para-hydroxylation sites is 1. The van der Waals surface area contributed by atoms with E-state index in [0.717, 1.165) is 17.4 Å². The lowest BCUT2D eigenvalue weighted by Gasteiger charge is -2.21. The Morgan fingerprint density at radius 1 is 0.682 bits per heavy atom. The Labute approximate surface area is 131 Å². The Balaban J connectivity index is 2.17. The van der Waals surface area contributed by atoms with Gasteiger partial charge in [-0.25, -0.2) is 0 Å². The Kier molecular flexibility index (Phi) is 4.62. The predicted octanol–water partition coefficient (Wildman–Crippen LogP) is 3.01. The van der Waals surface area contributed by atoms with Crippen LogP contribution in [0.2, 0.25) is 0 Å². The number of carbonyl (C=O) groups is 1. The minimum Gasteiger partial charge on any atom is -0.328 e. The van der Waals surface area contributed by atoms with E-state index in [1.807, 2.05) is 30.3 Å². The van der Waals surface area contributed by atoms with Gasteiger partial charge in [0.1, 0.15) is 0 Å². The molecule has 0 saturated heterocycles. The van der Waals surface area contributed by atoms with Crippen molar-refractivity contribution >= 4 is 35.9 Å². The van der Waals surface area contributed by atoms with Crippen LogP contribution in [0.25, 0.3) is 0 Å². The van der Waals surface area contributed by atoms with Crippen molar-refractivity contribution in [3.63, 3.8) is 0 Å². The molecule has 0 fully saturated rings. The molecule has 0 aliphatic carbocycles. The number of amides is 1. The van der Waals surface area contributed by atoms with Crippen LogP contribution in [0.15, 0.2) is 84.9 Å². The third kappa shape index (κ3) is 3.08. The number of hydrogen-bond donors (Lipinski definition) is 1. The quantitative estimate of drug-likeness (QED) is 0.570. The van der Waals surface area contributed by atoms with Gasteiger partial charge in [-0.1, -0.05) is 78.9 Å². The van der Waals surface area contributed by atoms with E-state index >= 15 is 0 Å². The average molecular weight is 305 g/mol. The lowest BCUT2D eigenvalue weighted by molar-refractivity contribution is -0.105. The molecule has 3 aromatic rings. The van der Waals surface area contributed by atoms with Gasteiger partial charge in [0.05, 0.1) is 0 Å². The van der Waals surface area contributed by atoms with Crippen molar-refractivity contribution in [2.24, 2.45) is 0 Å². The predicted molar refractivity (Wildman–Crippen MR) is 94.8 cm³/mol. The fourth-order valence-electron chi connectivity index (χ4n) is 2.44. The van der Waals surface area contributed by atoms with Gasteiger partial charge >= 0.3 is 0 Å². The first kappa shape index (κ1) is 14.5. The Morgan fingerprint density at radius 2 is 1.18 bits per heavy atom. The molecular formula is C19H16NOP. The average Bonchev–Trinajstić information content (AvgIpc) is 2.59. The van der Waals surface area contributed by atoms with Gasteiger partial charge in [0.25, 0.3) is 0 Å². The molecule has 22 heavy (non-hydrogen) atoms. The van der Waals surface area contributed by atoms with E-state index in [2.05, 4.69) is 59.9 Å². The van der Waals surface area contributed by atoms with Crippen molar-refractivity contribution in [3.8, 4) is 0 Å². The van der Waals surface area contributed by atoms with Crippen LogP contribution in [0.1, 0.15) is 0 Å². The Bertz CT molecular complexity index is 704. The van der Waals surface area contributed by atoms with E-state index < -0.39 is 7.92 Å². The summed E-state index contributed by atoms with van der Waals surface area (Å²) in [6, 6.07) is 28.9. The fraction of sp³-hybridized carbons (Fsp3) is 0. The fourth-order valence-corrected chi connectivity index (χ4v) is 4.85. The molecule has 1 amide bonds. The second-order valence-corrected chi connectivity index (χ2v) is 6.97. The largest absolute Gasteiger partial charge is 0.328 e. The van der Waals surface area contributed by atoms with Crippen LogP contribution in [0.4, 0.5) is 5.69 Å². The monoisotopic (exact) mass is 305 g/mol. The summed E-state index contributed by atoms with van der Waals surface area (Å²) in [4.78, 5) is 10.9. The molecule has 1 N–H and O–H groups in total. The van der Waals surface area contributed by atoms with Gasteiger partial charge in [0.15, 0.2) is 0 Å². The zero-order valence-corrected chi connectivity index (χ0v) is 12.9. The van der Waals surface area contributed by atoms with Crippen LogP contribution in [-0.2, 0) is 4.79 Å². The normalized spacial score (nSPS) is 10.4. The smallest absolute Gasteiger partial charge is 0.211 e. The van der Waals surface area contributed by atoms with Crippen LogP contribution in [-0.4, -0.2) is 6.41 Å². The van der Waals surface area contributed by atoms with E-state index in [1.165, 1.54) is 10.6 Å². The molecule has 0 bridgehead atoms. The maximum Gasteiger partial charge on any atom is 0.211 e.